The molecule has 0 unspecified atom stereocenters. The molecule has 0 spiro atoms. The second-order valence-electron chi connectivity index (χ2n) is 3.88. The van der Waals surface area contributed by atoms with Crippen LogP contribution >= 0.6 is 0 Å². The Kier molecular flexibility index (Phi) is 2.46. The Morgan fingerprint density at radius 2 is 2.00 bits per heavy atom. The maximum atomic E-state index is 13.8. The van der Waals surface area contributed by atoms with Gasteiger partial charge in [0.05, 0.1) is 11.8 Å². The Morgan fingerprint density at radius 3 is 2.74 bits per heavy atom. The number of halogens is 2. The highest BCUT2D eigenvalue weighted by Crippen LogP contribution is 2.21. The molecule has 0 saturated heterocycles. The van der Waals surface area contributed by atoms with E-state index in [4.69, 9.17) is 5.26 Å². The first-order valence-corrected chi connectivity index (χ1v) is 5.38. The van der Waals surface area contributed by atoms with E-state index in [9.17, 15) is 8.78 Å². The van der Waals surface area contributed by atoms with Gasteiger partial charge in [0.1, 0.15) is 23.1 Å². The molecule has 0 aliphatic rings. The molecule has 0 fully saturated rings. The molecule has 0 radical (unpaired) electrons. The predicted molar refractivity (Wildman–Crippen MR) is 63.5 cm³/mol. The van der Waals surface area contributed by atoms with Gasteiger partial charge in [-0.2, -0.15) is 10.4 Å². The molecule has 3 rings (SSSR count). The predicted octanol–water partition coefficient (Wildman–Crippen LogP) is 2.57. The number of hydrogen-bond acceptors (Lipinski definition) is 3. The van der Waals surface area contributed by atoms with Crippen LogP contribution in [-0.4, -0.2) is 14.8 Å². The van der Waals surface area contributed by atoms with Gasteiger partial charge in [0.25, 0.3) is 0 Å². The molecular weight excluding hydrogens is 250 g/mol. The van der Waals surface area contributed by atoms with Crippen LogP contribution in [0.1, 0.15) is 5.56 Å². The summed E-state index contributed by atoms with van der Waals surface area (Å²) in [7, 11) is 0. The van der Waals surface area contributed by atoms with Crippen LogP contribution < -0.4 is 0 Å². The quantitative estimate of drug-likeness (QED) is 0.672. The summed E-state index contributed by atoms with van der Waals surface area (Å²) in [4.78, 5) is 3.70. The molecule has 0 saturated carbocycles. The van der Waals surface area contributed by atoms with Crippen molar-refractivity contribution in [1.82, 2.24) is 14.8 Å². The highest BCUT2D eigenvalue weighted by Gasteiger charge is 2.14. The Labute approximate surface area is 106 Å². The van der Waals surface area contributed by atoms with E-state index in [0.717, 1.165) is 10.9 Å². The van der Waals surface area contributed by atoms with Crippen LogP contribution in [0.2, 0.25) is 0 Å². The van der Waals surface area contributed by atoms with Crippen molar-refractivity contribution in [2.75, 3.05) is 0 Å². The fourth-order valence-corrected chi connectivity index (χ4v) is 1.86. The first-order chi connectivity index (χ1) is 9.20. The highest BCUT2D eigenvalue weighted by atomic mass is 19.1. The molecule has 6 heteroatoms. The fourth-order valence-electron chi connectivity index (χ4n) is 1.86. The number of para-hydroxylation sites is 1. The maximum absolute atomic E-state index is 13.8. The zero-order chi connectivity index (χ0) is 13.4. The molecule has 0 aliphatic heterocycles. The number of hydrogen-bond donors (Lipinski definition) is 0. The number of aromatic nitrogens is 3. The lowest BCUT2D eigenvalue weighted by molar-refractivity contribution is 0.607. The van der Waals surface area contributed by atoms with Crippen LogP contribution in [0.4, 0.5) is 8.78 Å². The number of benzene rings is 1. The van der Waals surface area contributed by atoms with Gasteiger partial charge in [0.2, 0.25) is 0 Å². The van der Waals surface area contributed by atoms with Gasteiger partial charge in [-0.3, -0.25) is 4.98 Å². The van der Waals surface area contributed by atoms with Crippen LogP contribution in [0.25, 0.3) is 16.6 Å². The van der Waals surface area contributed by atoms with Gasteiger partial charge in [-0.1, -0.05) is 6.07 Å². The van der Waals surface area contributed by atoms with E-state index in [0.29, 0.717) is 5.39 Å². The maximum Gasteiger partial charge on any atom is 0.169 e. The minimum atomic E-state index is -0.597. The molecule has 92 valence electrons. The molecule has 0 amide bonds. The Balaban J connectivity index is 2.32. The number of fused-ring (bicyclic) bond motifs is 1. The van der Waals surface area contributed by atoms with Crippen molar-refractivity contribution in [1.29, 1.82) is 5.26 Å². The third-order valence-corrected chi connectivity index (χ3v) is 2.71. The van der Waals surface area contributed by atoms with Gasteiger partial charge in [-0.25, -0.2) is 13.5 Å². The SMILES string of the molecule is N#Cc1cccc(F)c1-n1cc2cncc(F)c2n1. The third-order valence-electron chi connectivity index (χ3n) is 2.71. The average Bonchev–Trinajstić information content (AvgIpc) is 2.83. The van der Waals surface area contributed by atoms with Gasteiger partial charge in [0.15, 0.2) is 5.82 Å². The summed E-state index contributed by atoms with van der Waals surface area (Å²) < 4.78 is 28.5. The number of rotatable bonds is 1. The normalized spacial score (nSPS) is 10.6. The van der Waals surface area contributed by atoms with Crippen molar-refractivity contribution in [3.63, 3.8) is 0 Å². The van der Waals surface area contributed by atoms with E-state index < -0.39 is 11.6 Å². The van der Waals surface area contributed by atoms with E-state index in [1.165, 1.54) is 30.6 Å². The van der Waals surface area contributed by atoms with E-state index in [-0.39, 0.29) is 16.8 Å². The summed E-state index contributed by atoms with van der Waals surface area (Å²) in [5.41, 5.74) is 0.212. The Bertz CT molecular complexity index is 817. The molecular formula is C13H6F2N4. The largest absolute Gasteiger partial charge is 0.261 e. The van der Waals surface area contributed by atoms with Crippen LogP contribution in [0, 0.1) is 23.0 Å². The molecule has 1 aromatic carbocycles. The zero-order valence-electron chi connectivity index (χ0n) is 9.51. The second-order valence-corrected chi connectivity index (χ2v) is 3.88. The number of pyridine rings is 1. The van der Waals surface area contributed by atoms with Gasteiger partial charge in [-0.15, -0.1) is 0 Å². The zero-order valence-corrected chi connectivity index (χ0v) is 9.51. The molecule has 0 bridgehead atoms. The van der Waals surface area contributed by atoms with Gasteiger partial charge >= 0.3 is 0 Å². The topological polar surface area (TPSA) is 54.5 Å². The van der Waals surface area contributed by atoms with Gasteiger partial charge in [-0.05, 0) is 12.1 Å². The molecule has 2 aromatic heterocycles. The van der Waals surface area contributed by atoms with Crippen molar-refractivity contribution in [3.05, 3.63) is 54.0 Å². The first-order valence-electron chi connectivity index (χ1n) is 5.38. The molecule has 4 nitrogen and oxygen atoms in total. The van der Waals surface area contributed by atoms with Crippen molar-refractivity contribution in [2.24, 2.45) is 0 Å². The van der Waals surface area contributed by atoms with E-state index in [1.54, 1.807) is 0 Å². The summed E-state index contributed by atoms with van der Waals surface area (Å²) in [5.74, 6) is -1.19. The second kappa shape index (κ2) is 4.14. The molecule has 0 atom stereocenters. The lowest BCUT2D eigenvalue weighted by Crippen LogP contribution is -2.01. The van der Waals surface area contributed by atoms with Crippen molar-refractivity contribution < 1.29 is 8.78 Å². The van der Waals surface area contributed by atoms with E-state index in [1.807, 2.05) is 6.07 Å². The first kappa shape index (κ1) is 11.3. The fraction of sp³-hybridized carbons (Fsp3) is 0. The van der Waals surface area contributed by atoms with Crippen molar-refractivity contribution in [2.45, 2.75) is 0 Å². The number of nitriles is 1. The molecule has 3 aromatic rings. The number of nitrogens with zero attached hydrogens (tertiary/aromatic N) is 4. The van der Waals surface area contributed by atoms with Gasteiger partial charge in [0, 0.05) is 17.8 Å². The van der Waals surface area contributed by atoms with Crippen molar-refractivity contribution >= 4 is 10.9 Å². The van der Waals surface area contributed by atoms with Crippen LogP contribution in [0.15, 0.2) is 36.8 Å². The van der Waals surface area contributed by atoms with Crippen LogP contribution in [0.3, 0.4) is 0 Å². The average molecular weight is 256 g/mol. The lowest BCUT2D eigenvalue weighted by atomic mass is 10.2. The Hall–Kier alpha value is -2.81. The minimum absolute atomic E-state index is 0.000556. The Morgan fingerprint density at radius 1 is 1.16 bits per heavy atom. The lowest BCUT2D eigenvalue weighted by Gasteiger charge is -2.04. The van der Waals surface area contributed by atoms with Crippen LogP contribution in [0.5, 0.6) is 0 Å². The summed E-state index contributed by atoms with van der Waals surface area (Å²) in [5, 5.41) is 13.4. The highest BCUT2D eigenvalue weighted by molar-refractivity contribution is 5.78. The monoisotopic (exact) mass is 256 g/mol. The summed E-state index contributed by atoms with van der Waals surface area (Å²) in [6, 6.07) is 6.01. The molecule has 0 N–H and O–H groups in total. The molecule has 0 aliphatic carbocycles. The standard InChI is InChI=1S/C13H6F2N4/c14-10-3-1-2-8(4-16)13(10)19-7-9-5-17-6-11(15)12(9)18-19/h1-3,5-7H. The van der Waals surface area contributed by atoms with E-state index >= 15 is 0 Å². The van der Waals surface area contributed by atoms with E-state index in [2.05, 4.69) is 10.1 Å². The van der Waals surface area contributed by atoms with Crippen LogP contribution in [-0.2, 0) is 0 Å². The third kappa shape index (κ3) is 1.72. The molecule has 2 heterocycles. The summed E-state index contributed by atoms with van der Waals surface area (Å²) in [6.45, 7) is 0. The molecule has 19 heavy (non-hydrogen) atoms. The van der Waals surface area contributed by atoms with Gasteiger partial charge < -0.3 is 0 Å². The smallest absolute Gasteiger partial charge is 0.169 e. The minimum Gasteiger partial charge on any atom is -0.261 e. The van der Waals surface area contributed by atoms with Crippen molar-refractivity contribution in [3.8, 4) is 11.8 Å². The summed E-state index contributed by atoms with van der Waals surface area (Å²) in [6.07, 6.45) is 3.89. The summed E-state index contributed by atoms with van der Waals surface area (Å²) >= 11 is 0.